The second-order valence-electron chi connectivity index (χ2n) is 7.86. The number of pyridine rings is 1. The largest absolute Gasteiger partial charge is 0.496 e. The summed E-state index contributed by atoms with van der Waals surface area (Å²) < 4.78 is 11.4. The molecule has 0 saturated carbocycles. The topological polar surface area (TPSA) is 50.2 Å². The first-order valence-corrected chi connectivity index (χ1v) is 11.7. The lowest BCUT2D eigenvalue weighted by atomic mass is 9.94. The maximum atomic E-state index is 5.93. The van der Waals surface area contributed by atoms with Crippen LogP contribution in [0.5, 0.6) is 5.75 Å². The Hall–Kier alpha value is -2.25. The Bertz CT molecular complexity index is 917. The molecular formula is C23H28N4O2S. The second kappa shape index (κ2) is 8.47. The molecule has 0 bridgehead atoms. The number of hydrogen-bond donors (Lipinski definition) is 0. The molecule has 7 heteroatoms. The Labute approximate surface area is 182 Å². The zero-order valence-corrected chi connectivity index (χ0v) is 18.3. The number of fused-ring (bicyclic) bond motifs is 1. The summed E-state index contributed by atoms with van der Waals surface area (Å²) >= 11 is 1.87. The first-order chi connectivity index (χ1) is 14.8. The molecule has 30 heavy (non-hydrogen) atoms. The lowest BCUT2D eigenvalue weighted by Crippen LogP contribution is -2.36. The molecule has 6 nitrogen and oxygen atoms in total. The average molecular weight is 425 g/mol. The van der Waals surface area contributed by atoms with Crippen LogP contribution >= 0.6 is 11.8 Å². The van der Waals surface area contributed by atoms with Gasteiger partial charge in [0.05, 0.1) is 32.1 Å². The van der Waals surface area contributed by atoms with E-state index in [1.165, 1.54) is 11.3 Å². The number of benzene rings is 1. The first-order valence-electron chi connectivity index (χ1n) is 10.7. The normalized spacial score (nSPS) is 25.9. The van der Waals surface area contributed by atoms with E-state index in [4.69, 9.17) is 14.5 Å². The minimum atomic E-state index is -0.0220. The van der Waals surface area contributed by atoms with Crippen LogP contribution < -0.4 is 9.64 Å². The van der Waals surface area contributed by atoms with Crippen molar-refractivity contribution in [1.82, 2.24) is 9.88 Å². The highest BCUT2D eigenvalue weighted by atomic mass is 32.2. The van der Waals surface area contributed by atoms with Gasteiger partial charge in [0.15, 0.2) is 5.17 Å². The van der Waals surface area contributed by atoms with E-state index in [1.54, 1.807) is 7.11 Å². The minimum Gasteiger partial charge on any atom is -0.496 e. The van der Waals surface area contributed by atoms with Gasteiger partial charge in [0.1, 0.15) is 11.8 Å². The lowest BCUT2D eigenvalue weighted by Gasteiger charge is -2.34. The third-order valence-electron chi connectivity index (χ3n) is 6.24. The molecule has 1 aromatic heterocycles. The fourth-order valence-electron chi connectivity index (χ4n) is 4.65. The van der Waals surface area contributed by atoms with E-state index >= 15 is 0 Å². The highest BCUT2D eigenvalue weighted by Gasteiger charge is 2.46. The van der Waals surface area contributed by atoms with E-state index in [9.17, 15) is 0 Å². The molecule has 3 atom stereocenters. The molecule has 0 aliphatic carbocycles. The van der Waals surface area contributed by atoms with Crippen molar-refractivity contribution in [1.29, 1.82) is 0 Å². The molecule has 1 aromatic carbocycles. The number of morpholine rings is 1. The number of hydrogen-bond acceptors (Lipinski definition) is 7. The maximum Gasteiger partial charge on any atom is 0.160 e. The highest BCUT2D eigenvalue weighted by Crippen LogP contribution is 2.50. The Morgan fingerprint density at radius 1 is 1.20 bits per heavy atom. The van der Waals surface area contributed by atoms with Crippen LogP contribution in [0.15, 0.2) is 47.6 Å². The van der Waals surface area contributed by atoms with E-state index in [-0.39, 0.29) is 12.1 Å². The van der Waals surface area contributed by atoms with Crippen LogP contribution in [0.1, 0.15) is 36.7 Å². The number of ether oxygens (including phenoxy) is 2. The third kappa shape index (κ3) is 3.44. The Kier molecular flexibility index (Phi) is 5.56. The summed E-state index contributed by atoms with van der Waals surface area (Å²) in [5.74, 6) is 2.02. The number of nitrogens with zero attached hydrogens (tertiary/aromatic N) is 4. The van der Waals surface area contributed by atoms with E-state index in [1.807, 2.05) is 30.1 Å². The number of methoxy groups -OCH3 is 1. The van der Waals surface area contributed by atoms with Crippen LogP contribution in [0.4, 0.5) is 5.69 Å². The van der Waals surface area contributed by atoms with Gasteiger partial charge < -0.3 is 19.3 Å². The number of amidine groups is 1. The van der Waals surface area contributed by atoms with Crippen molar-refractivity contribution < 1.29 is 9.47 Å². The number of rotatable bonds is 5. The Balaban J connectivity index is 1.55. The van der Waals surface area contributed by atoms with E-state index in [0.717, 1.165) is 55.1 Å². The maximum absolute atomic E-state index is 5.93. The van der Waals surface area contributed by atoms with Gasteiger partial charge in [-0.1, -0.05) is 30.8 Å². The smallest absolute Gasteiger partial charge is 0.160 e. The van der Waals surface area contributed by atoms with Gasteiger partial charge in [0, 0.05) is 48.4 Å². The van der Waals surface area contributed by atoms with Crippen LogP contribution in [-0.4, -0.2) is 60.3 Å². The molecule has 2 aromatic rings. The fourth-order valence-corrected chi connectivity index (χ4v) is 5.99. The molecule has 0 radical (unpaired) electrons. The molecule has 0 amide bonds. The molecule has 5 rings (SSSR count). The van der Waals surface area contributed by atoms with Crippen molar-refractivity contribution in [2.45, 2.75) is 31.5 Å². The molecular weight excluding hydrogens is 396 g/mol. The highest BCUT2D eigenvalue weighted by molar-refractivity contribution is 8.14. The summed E-state index contributed by atoms with van der Waals surface area (Å²) in [6.45, 7) is 5.63. The van der Waals surface area contributed by atoms with E-state index in [0.29, 0.717) is 6.04 Å². The fraction of sp³-hybridized carbons (Fsp3) is 0.478. The van der Waals surface area contributed by atoms with Crippen molar-refractivity contribution in [3.05, 3.63) is 53.9 Å². The first kappa shape index (κ1) is 19.7. The van der Waals surface area contributed by atoms with Gasteiger partial charge in [0.2, 0.25) is 0 Å². The molecule has 3 aliphatic rings. The predicted molar refractivity (Wildman–Crippen MR) is 122 cm³/mol. The van der Waals surface area contributed by atoms with Gasteiger partial charge in [0.25, 0.3) is 0 Å². The Morgan fingerprint density at radius 2 is 2.07 bits per heavy atom. The number of anilines is 1. The molecule has 0 spiro atoms. The van der Waals surface area contributed by atoms with Gasteiger partial charge in [-0.2, -0.15) is 0 Å². The van der Waals surface area contributed by atoms with Gasteiger partial charge in [-0.3, -0.25) is 9.98 Å². The SMILES string of the molecule is CC[C@H]1CSC2=N[C@H](c3ccccn3)[C@@H](c3ccc(N4CCOCC4)cc3OC)N21. The molecule has 2 saturated heterocycles. The van der Waals surface area contributed by atoms with Gasteiger partial charge in [-0.25, -0.2) is 0 Å². The van der Waals surface area contributed by atoms with Crippen molar-refractivity contribution in [2.24, 2.45) is 4.99 Å². The van der Waals surface area contributed by atoms with Gasteiger partial charge in [-0.05, 0) is 24.6 Å². The molecule has 4 heterocycles. The lowest BCUT2D eigenvalue weighted by molar-refractivity contribution is 0.122. The summed E-state index contributed by atoms with van der Waals surface area (Å²) in [4.78, 5) is 14.7. The predicted octanol–water partition coefficient (Wildman–Crippen LogP) is 3.91. The van der Waals surface area contributed by atoms with Gasteiger partial charge >= 0.3 is 0 Å². The van der Waals surface area contributed by atoms with Crippen molar-refractivity contribution in [2.75, 3.05) is 44.1 Å². The minimum absolute atomic E-state index is 0.0220. The van der Waals surface area contributed by atoms with Crippen LogP contribution in [-0.2, 0) is 4.74 Å². The summed E-state index contributed by atoms with van der Waals surface area (Å²) in [7, 11) is 1.77. The zero-order valence-electron chi connectivity index (χ0n) is 17.5. The molecule has 0 unspecified atom stereocenters. The van der Waals surface area contributed by atoms with Crippen LogP contribution in [0.2, 0.25) is 0 Å². The van der Waals surface area contributed by atoms with Crippen LogP contribution in [0, 0.1) is 0 Å². The van der Waals surface area contributed by atoms with Crippen molar-refractivity contribution in [3.63, 3.8) is 0 Å². The molecule has 3 aliphatic heterocycles. The number of aromatic nitrogens is 1. The Morgan fingerprint density at radius 3 is 2.80 bits per heavy atom. The standard InChI is InChI=1S/C23H28N4O2S/c1-3-16-15-30-23-25-21(19-6-4-5-9-24-19)22(27(16)23)18-8-7-17(14-20(18)28-2)26-10-12-29-13-11-26/h4-9,14,16,21-22H,3,10-13,15H2,1-2H3/t16-,21+,22+/m0/s1. The average Bonchev–Trinajstić information content (AvgIpc) is 3.39. The summed E-state index contributed by atoms with van der Waals surface area (Å²) in [6, 6.07) is 13.3. The molecule has 0 N–H and O–H groups in total. The number of thioether (sulfide) groups is 1. The number of aliphatic imine (C=N–C) groups is 1. The quantitative estimate of drug-likeness (QED) is 0.726. The van der Waals surface area contributed by atoms with Gasteiger partial charge in [-0.15, -0.1) is 0 Å². The van der Waals surface area contributed by atoms with Crippen molar-refractivity contribution in [3.8, 4) is 5.75 Å². The summed E-state index contributed by atoms with van der Waals surface area (Å²) in [5, 5.41) is 1.14. The van der Waals surface area contributed by atoms with Crippen molar-refractivity contribution >= 4 is 22.6 Å². The van der Waals surface area contributed by atoms with Crippen LogP contribution in [0.3, 0.4) is 0 Å². The third-order valence-corrected chi connectivity index (χ3v) is 7.37. The second-order valence-corrected chi connectivity index (χ2v) is 8.85. The van der Waals surface area contributed by atoms with Crippen LogP contribution in [0.25, 0.3) is 0 Å². The molecule has 158 valence electrons. The zero-order chi connectivity index (χ0) is 20.5. The summed E-state index contributed by atoms with van der Waals surface area (Å²) in [5.41, 5.74) is 3.39. The van der Waals surface area contributed by atoms with E-state index < -0.39 is 0 Å². The monoisotopic (exact) mass is 424 g/mol. The van der Waals surface area contributed by atoms with E-state index in [2.05, 4.69) is 46.0 Å². The molecule has 2 fully saturated rings. The summed E-state index contributed by atoms with van der Waals surface area (Å²) in [6.07, 6.45) is 2.96.